The Balaban J connectivity index is 2.04. The summed E-state index contributed by atoms with van der Waals surface area (Å²) in [5.74, 6) is 0.311. The van der Waals surface area contributed by atoms with Gasteiger partial charge in [-0.25, -0.2) is 0 Å². The van der Waals surface area contributed by atoms with Crippen molar-refractivity contribution >= 4 is 5.69 Å². The molecule has 0 bridgehead atoms. The lowest BCUT2D eigenvalue weighted by Crippen LogP contribution is -2.17. The summed E-state index contributed by atoms with van der Waals surface area (Å²) in [6, 6.07) is 5.08. The fraction of sp³-hybridized carbons (Fsp3) is 0.571. The average Bonchev–Trinajstić information content (AvgIpc) is 2.96. The number of nitro groups is 1. The minimum absolute atomic E-state index is 0.0124. The molecule has 1 heterocycles. The van der Waals surface area contributed by atoms with Gasteiger partial charge in [-0.15, -0.1) is 0 Å². The molecule has 2 rings (SSSR count). The van der Waals surface area contributed by atoms with Crippen LogP contribution in [0.4, 0.5) is 5.69 Å². The smallest absolute Gasteiger partial charge is 0.311 e. The normalized spacial score (nSPS) is 18.1. The van der Waals surface area contributed by atoms with E-state index < -0.39 is 4.92 Å². The number of nitrogens with one attached hydrogen (secondary N) is 1. The second-order valence-electron chi connectivity index (χ2n) is 4.79. The number of benzene rings is 1. The number of nitro benzene ring substituents is 1. The number of rotatable bonds is 7. The zero-order valence-corrected chi connectivity index (χ0v) is 11.6. The van der Waals surface area contributed by atoms with Crippen LogP contribution >= 0.6 is 0 Å². The van der Waals surface area contributed by atoms with Crippen LogP contribution in [0.3, 0.4) is 0 Å². The maximum atomic E-state index is 11.1. The maximum Gasteiger partial charge on any atom is 0.311 e. The molecule has 6 nitrogen and oxygen atoms in total. The van der Waals surface area contributed by atoms with Crippen LogP contribution in [0.25, 0.3) is 0 Å². The molecule has 0 spiro atoms. The molecule has 0 aromatic heterocycles. The zero-order valence-electron chi connectivity index (χ0n) is 11.6. The lowest BCUT2D eigenvalue weighted by atomic mass is 10.2. The Morgan fingerprint density at radius 1 is 1.55 bits per heavy atom. The van der Waals surface area contributed by atoms with Crippen molar-refractivity contribution in [3.8, 4) is 5.75 Å². The Morgan fingerprint density at radius 3 is 3.05 bits per heavy atom. The molecule has 1 aromatic carbocycles. The average molecular weight is 280 g/mol. The highest BCUT2D eigenvalue weighted by atomic mass is 16.6. The first-order valence-corrected chi connectivity index (χ1v) is 6.93. The predicted molar refractivity (Wildman–Crippen MR) is 74.9 cm³/mol. The molecule has 0 radical (unpaired) electrons. The van der Waals surface area contributed by atoms with Crippen molar-refractivity contribution in [2.75, 3.05) is 19.8 Å². The molecule has 1 aromatic rings. The van der Waals surface area contributed by atoms with Gasteiger partial charge in [0.2, 0.25) is 0 Å². The summed E-state index contributed by atoms with van der Waals surface area (Å²) < 4.78 is 11.0. The van der Waals surface area contributed by atoms with Crippen molar-refractivity contribution in [2.24, 2.45) is 0 Å². The van der Waals surface area contributed by atoms with E-state index >= 15 is 0 Å². The Hall–Kier alpha value is -1.66. The molecule has 6 heteroatoms. The lowest BCUT2D eigenvalue weighted by molar-refractivity contribution is -0.386. The van der Waals surface area contributed by atoms with Crippen molar-refractivity contribution in [2.45, 2.75) is 32.4 Å². The van der Waals surface area contributed by atoms with E-state index in [1.807, 2.05) is 13.0 Å². The van der Waals surface area contributed by atoms with Gasteiger partial charge in [0.25, 0.3) is 0 Å². The van der Waals surface area contributed by atoms with E-state index in [0.717, 1.165) is 31.6 Å². The first-order valence-electron chi connectivity index (χ1n) is 6.93. The molecule has 1 N–H and O–H groups in total. The van der Waals surface area contributed by atoms with E-state index in [1.54, 1.807) is 12.1 Å². The monoisotopic (exact) mass is 280 g/mol. The maximum absolute atomic E-state index is 11.1. The molecule has 1 saturated heterocycles. The molecular weight excluding hydrogens is 260 g/mol. The topological polar surface area (TPSA) is 73.6 Å². The number of nitrogens with zero attached hydrogens (tertiary/aromatic N) is 1. The number of hydrogen-bond donors (Lipinski definition) is 1. The standard InChI is InChI=1S/C14H20N2O4/c1-2-15-9-11-5-6-14(13(8-11)16(17)18)20-10-12-4-3-7-19-12/h5-6,8,12,15H,2-4,7,9-10H2,1H3. The third kappa shape index (κ3) is 3.91. The van der Waals surface area contributed by atoms with Crippen LogP contribution in [0.2, 0.25) is 0 Å². The fourth-order valence-corrected chi connectivity index (χ4v) is 2.17. The summed E-state index contributed by atoms with van der Waals surface area (Å²) in [4.78, 5) is 10.7. The van der Waals surface area contributed by atoms with E-state index in [-0.39, 0.29) is 11.8 Å². The zero-order chi connectivity index (χ0) is 14.4. The largest absolute Gasteiger partial charge is 0.484 e. The van der Waals surface area contributed by atoms with Gasteiger partial charge >= 0.3 is 5.69 Å². The number of ether oxygens (including phenoxy) is 2. The molecule has 1 aliphatic rings. The highest BCUT2D eigenvalue weighted by Gasteiger charge is 2.20. The van der Waals surface area contributed by atoms with E-state index in [4.69, 9.17) is 9.47 Å². The Kier molecular flexibility index (Phi) is 5.31. The molecule has 1 unspecified atom stereocenters. The molecule has 1 atom stereocenters. The molecule has 0 aliphatic carbocycles. The first-order chi connectivity index (χ1) is 9.70. The third-order valence-electron chi connectivity index (χ3n) is 3.25. The SMILES string of the molecule is CCNCc1ccc(OCC2CCCO2)c([N+](=O)[O-])c1. The molecule has 110 valence electrons. The van der Waals surface area contributed by atoms with Gasteiger partial charge in [0.05, 0.1) is 11.0 Å². The molecule has 0 saturated carbocycles. The van der Waals surface area contributed by atoms with Crippen LogP contribution < -0.4 is 10.1 Å². The van der Waals surface area contributed by atoms with Gasteiger partial charge in [-0.05, 0) is 31.0 Å². The van der Waals surface area contributed by atoms with Crippen LogP contribution in [0.15, 0.2) is 18.2 Å². The second-order valence-corrected chi connectivity index (χ2v) is 4.79. The summed E-state index contributed by atoms with van der Waals surface area (Å²) in [5, 5.41) is 14.3. The minimum atomic E-state index is -0.402. The molecule has 1 aliphatic heterocycles. The molecule has 1 fully saturated rings. The van der Waals surface area contributed by atoms with Crippen molar-refractivity contribution in [3.05, 3.63) is 33.9 Å². The van der Waals surface area contributed by atoms with Crippen LogP contribution in [0, 0.1) is 10.1 Å². The predicted octanol–water partition coefficient (Wildman–Crippen LogP) is 2.26. The van der Waals surface area contributed by atoms with Crippen LogP contribution in [-0.4, -0.2) is 30.8 Å². The Morgan fingerprint density at radius 2 is 2.40 bits per heavy atom. The van der Waals surface area contributed by atoms with E-state index in [1.165, 1.54) is 0 Å². The summed E-state index contributed by atoms with van der Waals surface area (Å²) in [5.41, 5.74) is 0.890. The van der Waals surface area contributed by atoms with Crippen molar-refractivity contribution in [3.63, 3.8) is 0 Å². The van der Waals surface area contributed by atoms with Crippen LogP contribution in [0.5, 0.6) is 5.75 Å². The van der Waals surface area contributed by atoms with Gasteiger partial charge in [-0.3, -0.25) is 10.1 Å². The van der Waals surface area contributed by atoms with Gasteiger partial charge in [-0.1, -0.05) is 13.0 Å². The van der Waals surface area contributed by atoms with Gasteiger partial charge in [0, 0.05) is 19.2 Å². The van der Waals surface area contributed by atoms with Crippen molar-refractivity contribution in [1.82, 2.24) is 5.32 Å². The fourth-order valence-electron chi connectivity index (χ4n) is 2.17. The Bertz CT molecular complexity index is 458. The third-order valence-corrected chi connectivity index (χ3v) is 3.25. The van der Waals surface area contributed by atoms with E-state index in [2.05, 4.69) is 5.32 Å². The van der Waals surface area contributed by atoms with E-state index in [9.17, 15) is 10.1 Å². The quantitative estimate of drug-likeness (QED) is 0.612. The molecular formula is C14H20N2O4. The van der Waals surface area contributed by atoms with Gasteiger partial charge in [0.15, 0.2) is 5.75 Å². The van der Waals surface area contributed by atoms with Crippen molar-refractivity contribution in [1.29, 1.82) is 0 Å². The number of hydrogen-bond acceptors (Lipinski definition) is 5. The van der Waals surface area contributed by atoms with Gasteiger partial charge < -0.3 is 14.8 Å². The molecule has 20 heavy (non-hydrogen) atoms. The minimum Gasteiger partial charge on any atom is -0.484 e. The second kappa shape index (κ2) is 7.21. The first kappa shape index (κ1) is 14.7. The Labute approximate surface area is 118 Å². The summed E-state index contributed by atoms with van der Waals surface area (Å²) in [7, 11) is 0. The van der Waals surface area contributed by atoms with Gasteiger partial charge in [0.1, 0.15) is 6.61 Å². The highest BCUT2D eigenvalue weighted by molar-refractivity contribution is 5.48. The summed E-state index contributed by atoms with van der Waals surface area (Å²) in [6.45, 7) is 4.55. The molecule has 0 amide bonds. The van der Waals surface area contributed by atoms with Crippen LogP contribution in [-0.2, 0) is 11.3 Å². The van der Waals surface area contributed by atoms with Crippen LogP contribution in [0.1, 0.15) is 25.3 Å². The van der Waals surface area contributed by atoms with E-state index in [0.29, 0.717) is 18.9 Å². The highest BCUT2D eigenvalue weighted by Crippen LogP contribution is 2.28. The lowest BCUT2D eigenvalue weighted by Gasteiger charge is -2.12. The summed E-state index contributed by atoms with van der Waals surface area (Å²) in [6.07, 6.45) is 2.03. The van der Waals surface area contributed by atoms with Crippen molar-refractivity contribution < 1.29 is 14.4 Å². The van der Waals surface area contributed by atoms with Gasteiger partial charge in [-0.2, -0.15) is 0 Å². The summed E-state index contributed by atoms with van der Waals surface area (Å²) >= 11 is 0.